The maximum absolute atomic E-state index is 13.4. The molecule has 1 atom stereocenters. The smallest absolute Gasteiger partial charge is 0.335 e. The summed E-state index contributed by atoms with van der Waals surface area (Å²) < 4.78 is 0. The molecule has 2 N–H and O–H groups in total. The molecule has 0 saturated heterocycles. The minimum atomic E-state index is -1.02. The molecule has 7 heteroatoms. The van der Waals surface area contributed by atoms with E-state index >= 15 is 0 Å². The van der Waals surface area contributed by atoms with Crippen molar-refractivity contribution in [2.75, 3.05) is 4.90 Å². The number of nitrogens with zero attached hydrogens (tertiary/aromatic N) is 3. The number of nitrogens with one attached hydrogen (secondary N) is 1. The van der Waals surface area contributed by atoms with Crippen molar-refractivity contribution >= 4 is 17.6 Å². The number of aromatic carboxylic acids is 1. The molecule has 0 fully saturated rings. The average Bonchev–Trinajstić information content (AvgIpc) is 3.34. The molecule has 146 valence electrons. The van der Waals surface area contributed by atoms with Gasteiger partial charge >= 0.3 is 5.97 Å². The van der Waals surface area contributed by atoms with Gasteiger partial charge in [0.15, 0.2) is 0 Å². The van der Waals surface area contributed by atoms with Gasteiger partial charge in [-0.25, -0.2) is 4.79 Å². The Balaban J connectivity index is 1.69. The lowest BCUT2D eigenvalue weighted by Gasteiger charge is -2.25. The zero-order valence-corrected chi connectivity index (χ0v) is 15.7. The van der Waals surface area contributed by atoms with Gasteiger partial charge in [-0.1, -0.05) is 36.4 Å². The molecular formula is C23H16N4O3. The Labute approximate surface area is 171 Å². The number of benzene rings is 2. The van der Waals surface area contributed by atoms with Crippen molar-refractivity contribution in [2.45, 2.75) is 6.04 Å². The van der Waals surface area contributed by atoms with E-state index in [2.05, 4.69) is 15.2 Å². The number of aromatic amines is 1. The molecule has 4 aromatic rings. The first-order valence-electron chi connectivity index (χ1n) is 9.36. The van der Waals surface area contributed by atoms with Crippen LogP contribution in [0, 0.1) is 0 Å². The van der Waals surface area contributed by atoms with Gasteiger partial charge < -0.3 is 5.11 Å². The number of carboxylic acid groups (broad SMARTS) is 1. The van der Waals surface area contributed by atoms with E-state index in [0.717, 1.165) is 11.1 Å². The largest absolute Gasteiger partial charge is 0.478 e. The zero-order valence-electron chi connectivity index (χ0n) is 15.7. The first-order chi connectivity index (χ1) is 14.6. The summed E-state index contributed by atoms with van der Waals surface area (Å²) in [7, 11) is 0. The molecule has 0 saturated carbocycles. The molecule has 3 heterocycles. The minimum Gasteiger partial charge on any atom is -0.478 e. The predicted octanol–water partition coefficient (Wildman–Crippen LogP) is 3.92. The van der Waals surface area contributed by atoms with Gasteiger partial charge in [-0.15, -0.1) is 0 Å². The number of carbonyl (C=O) groups is 2. The number of rotatable bonds is 4. The Bertz CT molecular complexity index is 1230. The number of hydrogen-bond acceptors (Lipinski definition) is 4. The molecular weight excluding hydrogens is 380 g/mol. The van der Waals surface area contributed by atoms with Crippen LogP contribution >= 0.6 is 0 Å². The zero-order chi connectivity index (χ0) is 20.7. The quantitative estimate of drug-likeness (QED) is 0.545. The van der Waals surface area contributed by atoms with Crippen LogP contribution in [0.3, 0.4) is 0 Å². The summed E-state index contributed by atoms with van der Waals surface area (Å²) in [4.78, 5) is 30.7. The van der Waals surface area contributed by atoms with E-state index in [4.69, 9.17) is 0 Å². The van der Waals surface area contributed by atoms with E-state index in [1.807, 2.05) is 48.5 Å². The molecule has 1 aliphatic rings. The number of carbonyl (C=O) groups excluding carboxylic acids is 1. The van der Waals surface area contributed by atoms with Gasteiger partial charge in [-0.3, -0.25) is 19.8 Å². The standard InChI is InChI=1S/C23H16N4O3/c28-22-20-18(19(25-26-20)14-6-2-1-3-7-14)21(17-8-4-5-13-24-17)27(22)16-11-9-15(10-12-16)23(29)30/h1-13,21H,(H,25,26)(H,29,30)/t21-/m0/s1. The summed E-state index contributed by atoms with van der Waals surface area (Å²) >= 11 is 0. The van der Waals surface area contributed by atoms with Gasteiger partial charge in [-0.05, 0) is 36.4 Å². The van der Waals surface area contributed by atoms with Gasteiger partial charge in [0, 0.05) is 23.0 Å². The Morgan fingerprint density at radius 3 is 2.37 bits per heavy atom. The van der Waals surface area contributed by atoms with Crippen molar-refractivity contribution in [2.24, 2.45) is 0 Å². The van der Waals surface area contributed by atoms with Gasteiger partial charge in [0.1, 0.15) is 11.7 Å². The van der Waals surface area contributed by atoms with E-state index in [9.17, 15) is 14.7 Å². The van der Waals surface area contributed by atoms with Crippen molar-refractivity contribution < 1.29 is 14.7 Å². The van der Waals surface area contributed by atoms with E-state index in [0.29, 0.717) is 22.8 Å². The molecule has 2 aromatic heterocycles. The van der Waals surface area contributed by atoms with Crippen molar-refractivity contribution in [1.82, 2.24) is 15.2 Å². The fourth-order valence-corrected chi connectivity index (χ4v) is 3.81. The van der Waals surface area contributed by atoms with Crippen LogP contribution in [0.25, 0.3) is 11.3 Å². The Morgan fingerprint density at radius 2 is 1.70 bits per heavy atom. The fraction of sp³-hybridized carbons (Fsp3) is 0.0435. The second-order valence-electron chi connectivity index (χ2n) is 6.91. The van der Waals surface area contributed by atoms with Crippen molar-refractivity contribution in [3.05, 3.63) is 102 Å². The van der Waals surface area contributed by atoms with Crippen LogP contribution in [0.1, 0.15) is 38.1 Å². The topological polar surface area (TPSA) is 99.2 Å². The highest BCUT2D eigenvalue weighted by Gasteiger charge is 2.43. The average molecular weight is 396 g/mol. The molecule has 30 heavy (non-hydrogen) atoms. The third kappa shape index (κ3) is 2.76. The predicted molar refractivity (Wildman–Crippen MR) is 110 cm³/mol. The molecule has 5 rings (SSSR count). The molecule has 7 nitrogen and oxygen atoms in total. The van der Waals surface area contributed by atoms with Gasteiger partial charge in [0.2, 0.25) is 0 Å². The number of fused-ring (bicyclic) bond motifs is 1. The van der Waals surface area contributed by atoms with Crippen LogP contribution in [-0.2, 0) is 0 Å². The number of anilines is 1. The molecule has 0 spiro atoms. The van der Waals surface area contributed by atoms with E-state index < -0.39 is 12.0 Å². The van der Waals surface area contributed by atoms with Crippen molar-refractivity contribution in [1.29, 1.82) is 0 Å². The van der Waals surface area contributed by atoms with E-state index in [1.54, 1.807) is 23.2 Å². The van der Waals surface area contributed by atoms with Crippen LogP contribution < -0.4 is 4.90 Å². The molecule has 0 radical (unpaired) electrons. The summed E-state index contributed by atoms with van der Waals surface area (Å²) in [6.45, 7) is 0. The first kappa shape index (κ1) is 17.8. The number of aromatic nitrogens is 3. The maximum Gasteiger partial charge on any atom is 0.335 e. The fourth-order valence-electron chi connectivity index (χ4n) is 3.81. The lowest BCUT2D eigenvalue weighted by Crippen LogP contribution is -2.29. The number of carboxylic acids is 1. The SMILES string of the molecule is O=C(O)c1ccc(N2C(=O)c3[nH]nc(-c4ccccc4)c3[C@@H]2c2ccccn2)cc1. The Morgan fingerprint density at radius 1 is 0.967 bits per heavy atom. The normalized spacial score (nSPS) is 15.3. The summed E-state index contributed by atoms with van der Waals surface area (Å²) in [6, 6.07) is 21.0. The summed E-state index contributed by atoms with van der Waals surface area (Å²) in [6.07, 6.45) is 1.69. The third-order valence-electron chi connectivity index (χ3n) is 5.18. The highest BCUT2D eigenvalue weighted by molar-refractivity contribution is 6.11. The lowest BCUT2D eigenvalue weighted by molar-refractivity contribution is 0.0696. The summed E-state index contributed by atoms with van der Waals surface area (Å²) in [5.41, 5.74) is 4.20. The number of amides is 1. The molecule has 1 aliphatic heterocycles. The maximum atomic E-state index is 13.4. The number of pyridine rings is 1. The van der Waals surface area contributed by atoms with E-state index in [1.165, 1.54) is 12.1 Å². The monoisotopic (exact) mass is 396 g/mol. The van der Waals surface area contributed by atoms with Crippen LogP contribution in [0.5, 0.6) is 0 Å². The van der Waals surface area contributed by atoms with Gasteiger partial charge in [-0.2, -0.15) is 5.10 Å². The van der Waals surface area contributed by atoms with Crippen LogP contribution in [0.4, 0.5) is 5.69 Å². The minimum absolute atomic E-state index is 0.157. The van der Waals surface area contributed by atoms with Crippen LogP contribution in [-0.4, -0.2) is 32.2 Å². The summed E-state index contributed by atoms with van der Waals surface area (Å²) in [5.74, 6) is -1.25. The first-order valence-corrected chi connectivity index (χ1v) is 9.36. The Kier molecular flexibility index (Phi) is 4.14. The third-order valence-corrected chi connectivity index (χ3v) is 5.18. The molecule has 1 amide bonds. The molecule has 0 bridgehead atoms. The Hall–Kier alpha value is -4.26. The van der Waals surface area contributed by atoms with Crippen LogP contribution in [0.15, 0.2) is 79.0 Å². The van der Waals surface area contributed by atoms with Crippen molar-refractivity contribution in [3.8, 4) is 11.3 Å². The highest BCUT2D eigenvalue weighted by atomic mass is 16.4. The molecule has 2 aromatic carbocycles. The second kappa shape index (κ2) is 6.97. The van der Waals surface area contributed by atoms with Gasteiger partial charge in [0.25, 0.3) is 5.91 Å². The van der Waals surface area contributed by atoms with Crippen molar-refractivity contribution in [3.63, 3.8) is 0 Å². The second-order valence-corrected chi connectivity index (χ2v) is 6.91. The van der Waals surface area contributed by atoms with E-state index in [-0.39, 0.29) is 11.5 Å². The molecule has 0 aliphatic carbocycles. The number of H-pyrrole nitrogens is 1. The lowest BCUT2D eigenvalue weighted by atomic mass is 9.99. The van der Waals surface area contributed by atoms with Crippen LogP contribution in [0.2, 0.25) is 0 Å². The molecule has 0 unspecified atom stereocenters. The number of hydrogen-bond donors (Lipinski definition) is 2. The highest BCUT2D eigenvalue weighted by Crippen LogP contribution is 2.44. The summed E-state index contributed by atoms with van der Waals surface area (Å²) in [5, 5.41) is 16.5. The van der Waals surface area contributed by atoms with Gasteiger partial charge in [0.05, 0.1) is 17.0 Å².